The summed E-state index contributed by atoms with van der Waals surface area (Å²) < 4.78 is 5.13. The lowest BCUT2D eigenvalue weighted by molar-refractivity contribution is 0.419. The molecule has 1 heterocycles. The second kappa shape index (κ2) is 2.94. The summed E-state index contributed by atoms with van der Waals surface area (Å²) in [5, 5.41) is 10.1. The summed E-state index contributed by atoms with van der Waals surface area (Å²) in [6, 6.07) is 7.22. The molecular formula is C10H9NO2. The Labute approximate surface area is 75.6 Å². The minimum atomic E-state index is 0.150. The fourth-order valence-electron chi connectivity index (χ4n) is 1.29. The van der Waals surface area contributed by atoms with Gasteiger partial charge in [0.1, 0.15) is 11.5 Å². The minimum absolute atomic E-state index is 0.150. The van der Waals surface area contributed by atoms with Crippen LogP contribution in [-0.2, 0) is 0 Å². The van der Waals surface area contributed by atoms with E-state index in [2.05, 4.69) is 4.98 Å². The van der Waals surface area contributed by atoms with Crippen LogP contribution in [0.5, 0.6) is 11.5 Å². The van der Waals surface area contributed by atoms with Gasteiger partial charge in [-0.1, -0.05) is 6.07 Å². The monoisotopic (exact) mass is 175 g/mol. The van der Waals surface area contributed by atoms with Crippen molar-refractivity contribution in [1.29, 1.82) is 0 Å². The number of fused-ring (bicyclic) bond motifs is 1. The van der Waals surface area contributed by atoms with E-state index < -0.39 is 0 Å². The highest BCUT2D eigenvalue weighted by Gasteiger charge is 2.01. The van der Waals surface area contributed by atoms with Crippen LogP contribution in [0.3, 0.4) is 0 Å². The standard InChI is InChI=1S/C10H9NO2/c1-13-10-4-2-3-9-8(10)5-7(12)6-11-9/h2-6,12H,1H3. The van der Waals surface area contributed by atoms with Crippen LogP contribution >= 0.6 is 0 Å². The van der Waals surface area contributed by atoms with E-state index in [-0.39, 0.29) is 5.75 Å². The Kier molecular flexibility index (Phi) is 1.77. The summed E-state index contributed by atoms with van der Waals surface area (Å²) in [4.78, 5) is 4.06. The second-order valence-electron chi connectivity index (χ2n) is 2.72. The van der Waals surface area contributed by atoms with Gasteiger partial charge in [-0.3, -0.25) is 4.98 Å². The zero-order valence-electron chi connectivity index (χ0n) is 7.19. The first-order valence-corrected chi connectivity index (χ1v) is 3.93. The van der Waals surface area contributed by atoms with Crippen molar-refractivity contribution in [2.24, 2.45) is 0 Å². The molecular weight excluding hydrogens is 166 g/mol. The SMILES string of the molecule is COc1cccc2ncc(O)cc12. The summed E-state index contributed by atoms with van der Waals surface area (Å²) in [7, 11) is 1.60. The zero-order valence-corrected chi connectivity index (χ0v) is 7.19. The molecule has 0 amide bonds. The van der Waals surface area contributed by atoms with Gasteiger partial charge in [-0.15, -0.1) is 0 Å². The van der Waals surface area contributed by atoms with Gasteiger partial charge in [0.25, 0.3) is 0 Å². The van der Waals surface area contributed by atoms with Gasteiger partial charge in [0.05, 0.1) is 18.8 Å². The minimum Gasteiger partial charge on any atom is -0.506 e. The Morgan fingerprint density at radius 3 is 3.00 bits per heavy atom. The molecule has 3 nitrogen and oxygen atoms in total. The van der Waals surface area contributed by atoms with E-state index >= 15 is 0 Å². The van der Waals surface area contributed by atoms with E-state index in [1.807, 2.05) is 18.2 Å². The molecule has 0 saturated carbocycles. The van der Waals surface area contributed by atoms with Crippen molar-refractivity contribution in [2.45, 2.75) is 0 Å². The van der Waals surface area contributed by atoms with Crippen molar-refractivity contribution in [1.82, 2.24) is 4.98 Å². The highest BCUT2D eigenvalue weighted by molar-refractivity contribution is 5.85. The van der Waals surface area contributed by atoms with Crippen molar-refractivity contribution in [3.63, 3.8) is 0 Å². The quantitative estimate of drug-likeness (QED) is 0.720. The van der Waals surface area contributed by atoms with Crippen LogP contribution in [0.2, 0.25) is 0 Å². The topological polar surface area (TPSA) is 42.4 Å². The summed E-state index contributed by atoms with van der Waals surface area (Å²) in [6.07, 6.45) is 1.42. The molecule has 0 aliphatic carbocycles. The van der Waals surface area contributed by atoms with E-state index in [1.54, 1.807) is 13.2 Å². The lowest BCUT2D eigenvalue weighted by Gasteiger charge is -2.03. The highest BCUT2D eigenvalue weighted by atomic mass is 16.5. The molecule has 2 rings (SSSR count). The van der Waals surface area contributed by atoms with Crippen molar-refractivity contribution in [3.8, 4) is 11.5 Å². The number of nitrogens with zero attached hydrogens (tertiary/aromatic N) is 1. The molecule has 13 heavy (non-hydrogen) atoms. The number of pyridine rings is 1. The molecule has 0 bridgehead atoms. The van der Waals surface area contributed by atoms with E-state index in [9.17, 15) is 5.11 Å². The maximum absolute atomic E-state index is 9.23. The maximum atomic E-state index is 9.23. The molecule has 0 saturated heterocycles. The molecule has 1 aromatic heterocycles. The van der Waals surface area contributed by atoms with Crippen LogP contribution in [0.25, 0.3) is 10.9 Å². The third kappa shape index (κ3) is 1.28. The number of hydrogen-bond acceptors (Lipinski definition) is 3. The van der Waals surface area contributed by atoms with Gasteiger partial charge >= 0.3 is 0 Å². The third-order valence-corrected chi connectivity index (χ3v) is 1.89. The van der Waals surface area contributed by atoms with Gasteiger partial charge in [-0.25, -0.2) is 0 Å². The number of rotatable bonds is 1. The first kappa shape index (κ1) is 7.86. The van der Waals surface area contributed by atoms with E-state index in [0.29, 0.717) is 0 Å². The van der Waals surface area contributed by atoms with Gasteiger partial charge in [0.15, 0.2) is 0 Å². The van der Waals surface area contributed by atoms with Gasteiger partial charge < -0.3 is 9.84 Å². The molecule has 1 aromatic carbocycles. The van der Waals surface area contributed by atoms with Gasteiger partial charge in [-0.05, 0) is 18.2 Å². The van der Waals surface area contributed by atoms with Crippen LogP contribution < -0.4 is 4.74 Å². The number of hydrogen-bond donors (Lipinski definition) is 1. The van der Waals surface area contributed by atoms with Crippen LogP contribution in [0.1, 0.15) is 0 Å². The maximum Gasteiger partial charge on any atom is 0.134 e. The largest absolute Gasteiger partial charge is 0.506 e. The number of aromatic nitrogens is 1. The predicted molar refractivity (Wildman–Crippen MR) is 50.0 cm³/mol. The molecule has 0 radical (unpaired) electrons. The number of aromatic hydroxyl groups is 1. The Balaban J connectivity index is 2.79. The zero-order chi connectivity index (χ0) is 9.26. The highest BCUT2D eigenvalue weighted by Crippen LogP contribution is 2.26. The molecule has 0 aliphatic heterocycles. The Hall–Kier alpha value is -1.77. The number of methoxy groups -OCH3 is 1. The molecule has 0 fully saturated rings. The number of benzene rings is 1. The smallest absolute Gasteiger partial charge is 0.134 e. The summed E-state index contributed by atoms with van der Waals surface area (Å²) in [5.41, 5.74) is 0.817. The number of ether oxygens (including phenoxy) is 1. The third-order valence-electron chi connectivity index (χ3n) is 1.89. The average Bonchev–Trinajstić information content (AvgIpc) is 2.17. The van der Waals surface area contributed by atoms with Crippen molar-refractivity contribution in [2.75, 3.05) is 7.11 Å². The lowest BCUT2D eigenvalue weighted by Crippen LogP contribution is -1.85. The Bertz CT molecular complexity index is 440. The van der Waals surface area contributed by atoms with Crippen LogP contribution in [-0.4, -0.2) is 17.2 Å². The van der Waals surface area contributed by atoms with Gasteiger partial charge in [-0.2, -0.15) is 0 Å². The van der Waals surface area contributed by atoms with Crippen LogP contribution in [0.15, 0.2) is 30.5 Å². The first-order valence-electron chi connectivity index (χ1n) is 3.93. The van der Waals surface area contributed by atoms with Gasteiger partial charge in [0, 0.05) is 5.39 Å². The lowest BCUT2D eigenvalue weighted by atomic mass is 10.2. The molecule has 2 aromatic rings. The van der Waals surface area contributed by atoms with Crippen molar-refractivity contribution in [3.05, 3.63) is 30.5 Å². The summed E-state index contributed by atoms with van der Waals surface area (Å²) in [6.45, 7) is 0. The molecule has 0 atom stereocenters. The first-order chi connectivity index (χ1) is 6.31. The van der Waals surface area contributed by atoms with Crippen LogP contribution in [0.4, 0.5) is 0 Å². The molecule has 0 spiro atoms. The predicted octanol–water partition coefficient (Wildman–Crippen LogP) is 1.95. The van der Waals surface area contributed by atoms with Crippen LogP contribution in [0, 0.1) is 0 Å². The fraction of sp³-hybridized carbons (Fsp3) is 0.100. The van der Waals surface area contributed by atoms with E-state index in [0.717, 1.165) is 16.7 Å². The van der Waals surface area contributed by atoms with Crippen molar-refractivity contribution < 1.29 is 9.84 Å². The van der Waals surface area contributed by atoms with E-state index in [1.165, 1.54) is 6.20 Å². The average molecular weight is 175 g/mol. The normalized spacial score (nSPS) is 10.2. The van der Waals surface area contributed by atoms with Crippen molar-refractivity contribution >= 4 is 10.9 Å². The molecule has 1 N–H and O–H groups in total. The molecule has 0 aliphatic rings. The second-order valence-corrected chi connectivity index (χ2v) is 2.72. The van der Waals surface area contributed by atoms with E-state index in [4.69, 9.17) is 4.74 Å². The summed E-state index contributed by atoms with van der Waals surface area (Å²) in [5.74, 6) is 0.873. The Morgan fingerprint density at radius 2 is 2.23 bits per heavy atom. The fourth-order valence-corrected chi connectivity index (χ4v) is 1.29. The molecule has 3 heteroatoms. The molecule has 66 valence electrons. The summed E-state index contributed by atoms with van der Waals surface area (Å²) >= 11 is 0. The van der Waals surface area contributed by atoms with Gasteiger partial charge in [0.2, 0.25) is 0 Å². The Morgan fingerprint density at radius 1 is 1.38 bits per heavy atom. The molecule has 0 unspecified atom stereocenters.